The van der Waals surface area contributed by atoms with Crippen molar-refractivity contribution in [2.75, 3.05) is 17.2 Å². The van der Waals surface area contributed by atoms with Gasteiger partial charge in [-0.15, -0.1) is 0 Å². The van der Waals surface area contributed by atoms with E-state index in [0.29, 0.717) is 37.8 Å². The van der Waals surface area contributed by atoms with Crippen molar-refractivity contribution >= 4 is 70.1 Å². The number of nitrogens with zero attached hydrogens (tertiary/aromatic N) is 1. The SMILES string of the molecule is O=C(COc1cccc(/C=N\NC(=O)C(=O)Nc2cccc(Cl)c2)c1)Nc1cc(Cl)cc(Cl)c1. The maximum absolute atomic E-state index is 12.1. The summed E-state index contributed by atoms with van der Waals surface area (Å²) in [6, 6.07) is 17.7. The van der Waals surface area contributed by atoms with E-state index in [1.54, 1.807) is 60.7 Å². The molecule has 11 heteroatoms. The number of rotatable bonds is 7. The number of carbonyl (C=O) groups is 3. The van der Waals surface area contributed by atoms with Crippen LogP contribution in [0.25, 0.3) is 0 Å². The average molecular weight is 520 g/mol. The van der Waals surface area contributed by atoms with Crippen LogP contribution in [0.2, 0.25) is 15.1 Å². The van der Waals surface area contributed by atoms with Gasteiger partial charge in [-0.1, -0.05) is 53.0 Å². The summed E-state index contributed by atoms with van der Waals surface area (Å²) in [6.45, 7) is -0.259. The van der Waals surface area contributed by atoms with Gasteiger partial charge in [0.05, 0.1) is 6.21 Å². The highest BCUT2D eigenvalue weighted by molar-refractivity contribution is 6.40. The highest BCUT2D eigenvalue weighted by Crippen LogP contribution is 2.22. The molecule has 3 rings (SSSR count). The van der Waals surface area contributed by atoms with Crippen molar-refractivity contribution < 1.29 is 19.1 Å². The molecule has 0 atom stereocenters. The third-order valence-corrected chi connectivity index (χ3v) is 4.71. The van der Waals surface area contributed by atoms with Gasteiger partial charge >= 0.3 is 11.8 Å². The average Bonchev–Trinajstić information content (AvgIpc) is 2.77. The van der Waals surface area contributed by atoms with Crippen molar-refractivity contribution in [1.82, 2.24) is 5.43 Å². The second kappa shape index (κ2) is 12.0. The Labute approximate surface area is 209 Å². The van der Waals surface area contributed by atoms with Crippen LogP contribution in [0.4, 0.5) is 11.4 Å². The quantitative estimate of drug-likeness (QED) is 0.238. The summed E-state index contributed by atoms with van der Waals surface area (Å²) in [7, 11) is 0. The lowest BCUT2D eigenvalue weighted by molar-refractivity contribution is -0.136. The van der Waals surface area contributed by atoms with Gasteiger partial charge in [0.25, 0.3) is 5.91 Å². The summed E-state index contributed by atoms with van der Waals surface area (Å²) in [5, 5.41) is 10.0. The molecule has 3 N–H and O–H groups in total. The second-order valence-corrected chi connectivity index (χ2v) is 8.04. The van der Waals surface area contributed by atoms with E-state index in [1.807, 2.05) is 0 Å². The molecule has 0 spiro atoms. The van der Waals surface area contributed by atoms with Crippen molar-refractivity contribution in [2.45, 2.75) is 0 Å². The maximum Gasteiger partial charge on any atom is 0.329 e. The van der Waals surface area contributed by atoms with Crippen LogP contribution < -0.4 is 20.8 Å². The van der Waals surface area contributed by atoms with E-state index in [-0.39, 0.29) is 6.61 Å². The molecule has 0 aliphatic rings. The van der Waals surface area contributed by atoms with E-state index in [4.69, 9.17) is 39.5 Å². The zero-order valence-electron chi connectivity index (χ0n) is 17.3. The normalized spacial score (nSPS) is 10.6. The molecule has 0 aliphatic heterocycles. The first-order valence-electron chi connectivity index (χ1n) is 9.67. The molecule has 3 aromatic carbocycles. The number of hydrogen-bond acceptors (Lipinski definition) is 5. The smallest absolute Gasteiger partial charge is 0.329 e. The molecule has 8 nitrogen and oxygen atoms in total. The number of hydrazone groups is 1. The fourth-order valence-electron chi connectivity index (χ4n) is 2.63. The third kappa shape index (κ3) is 8.08. The second-order valence-electron chi connectivity index (χ2n) is 6.73. The Balaban J connectivity index is 1.49. The number of benzene rings is 3. The number of hydrogen-bond donors (Lipinski definition) is 3. The lowest BCUT2D eigenvalue weighted by Gasteiger charge is -2.09. The predicted octanol–water partition coefficient (Wildman–Crippen LogP) is 4.75. The maximum atomic E-state index is 12.1. The topological polar surface area (TPSA) is 109 Å². The molecule has 0 aliphatic carbocycles. The zero-order chi connectivity index (χ0) is 24.5. The Morgan fingerprint density at radius 3 is 2.24 bits per heavy atom. The van der Waals surface area contributed by atoms with Gasteiger partial charge in [-0.25, -0.2) is 5.43 Å². The first-order valence-corrected chi connectivity index (χ1v) is 10.8. The van der Waals surface area contributed by atoms with Crippen LogP contribution in [0, 0.1) is 0 Å². The van der Waals surface area contributed by atoms with E-state index < -0.39 is 17.7 Å². The summed E-state index contributed by atoms with van der Waals surface area (Å²) in [5.74, 6) is -1.87. The molecule has 3 amide bonds. The molecule has 174 valence electrons. The highest BCUT2D eigenvalue weighted by atomic mass is 35.5. The third-order valence-electron chi connectivity index (χ3n) is 4.04. The van der Waals surface area contributed by atoms with E-state index in [2.05, 4.69) is 21.2 Å². The van der Waals surface area contributed by atoms with Crippen LogP contribution in [0.1, 0.15) is 5.56 Å². The van der Waals surface area contributed by atoms with Gasteiger partial charge in [-0.2, -0.15) is 5.10 Å². The number of ether oxygens (including phenoxy) is 1. The van der Waals surface area contributed by atoms with Crippen molar-refractivity contribution in [1.29, 1.82) is 0 Å². The van der Waals surface area contributed by atoms with Crippen LogP contribution in [-0.2, 0) is 14.4 Å². The van der Waals surface area contributed by atoms with Gasteiger partial charge in [0.15, 0.2) is 6.61 Å². The molecule has 0 bridgehead atoms. The molecule has 0 saturated carbocycles. The van der Waals surface area contributed by atoms with Gasteiger partial charge in [-0.05, 0) is 54.1 Å². The summed E-state index contributed by atoms with van der Waals surface area (Å²) in [5.41, 5.74) is 3.52. The van der Waals surface area contributed by atoms with Gasteiger partial charge in [-0.3, -0.25) is 14.4 Å². The molecular formula is C23H17Cl3N4O4. The Bertz CT molecular complexity index is 1230. The number of carbonyl (C=O) groups excluding carboxylic acids is 3. The van der Waals surface area contributed by atoms with Crippen LogP contribution in [0.5, 0.6) is 5.75 Å². The molecule has 0 fully saturated rings. The molecular weight excluding hydrogens is 503 g/mol. The van der Waals surface area contributed by atoms with E-state index >= 15 is 0 Å². The molecule has 0 saturated heterocycles. The largest absolute Gasteiger partial charge is 0.484 e. The van der Waals surface area contributed by atoms with Gasteiger partial charge in [0.1, 0.15) is 5.75 Å². The number of amides is 3. The summed E-state index contributed by atoms with van der Waals surface area (Å²) >= 11 is 17.7. The lowest BCUT2D eigenvalue weighted by atomic mass is 10.2. The van der Waals surface area contributed by atoms with Crippen LogP contribution in [0.3, 0.4) is 0 Å². The fraction of sp³-hybridized carbons (Fsp3) is 0.0435. The van der Waals surface area contributed by atoms with E-state index in [9.17, 15) is 14.4 Å². The standard InChI is InChI=1S/C23H17Cl3N4O4/c24-15-4-2-5-18(9-15)29-22(32)23(33)30-27-12-14-3-1-6-20(7-14)34-13-21(31)28-19-10-16(25)8-17(26)11-19/h1-12H,13H2,(H,28,31)(H,29,32)(H,30,33)/b27-12-. The van der Waals surface area contributed by atoms with Crippen molar-refractivity contribution in [2.24, 2.45) is 5.10 Å². The van der Waals surface area contributed by atoms with Crippen molar-refractivity contribution in [3.05, 3.63) is 87.4 Å². The molecule has 0 unspecified atom stereocenters. The minimum Gasteiger partial charge on any atom is -0.484 e. The van der Waals surface area contributed by atoms with Crippen molar-refractivity contribution in [3.63, 3.8) is 0 Å². The fourth-order valence-corrected chi connectivity index (χ4v) is 3.34. The van der Waals surface area contributed by atoms with Gasteiger partial charge in [0.2, 0.25) is 0 Å². The number of nitrogens with one attached hydrogen (secondary N) is 3. The minimum absolute atomic E-state index is 0.259. The van der Waals surface area contributed by atoms with Gasteiger partial charge < -0.3 is 15.4 Å². The monoisotopic (exact) mass is 518 g/mol. The molecule has 0 radical (unpaired) electrons. The molecule has 34 heavy (non-hydrogen) atoms. The lowest BCUT2D eigenvalue weighted by Crippen LogP contribution is -2.32. The first-order chi connectivity index (χ1) is 16.3. The molecule has 0 heterocycles. The van der Waals surface area contributed by atoms with Crippen LogP contribution in [-0.4, -0.2) is 30.5 Å². The predicted molar refractivity (Wildman–Crippen MR) is 133 cm³/mol. The van der Waals surface area contributed by atoms with Crippen LogP contribution >= 0.6 is 34.8 Å². The van der Waals surface area contributed by atoms with E-state index in [1.165, 1.54) is 12.3 Å². The minimum atomic E-state index is -0.957. The summed E-state index contributed by atoms with van der Waals surface area (Å²) < 4.78 is 5.48. The first kappa shape index (κ1) is 25.0. The number of anilines is 2. The van der Waals surface area contributed by atoms with Crippen molar-refractivity contribution in [3.8, 4) is 5.75 Å². The number of halogens is 3. The van der Waals surface area contributed by atoms with Gasteiger partial charge in [0, 0.05) is 26.4 Å². The van der Waals surface area contributed by atoms with Crippen LogP contribution in [0.15, 0.2) is 71.8 Å². The highest BCUT2D eigenvalue weighted by Gasteiger charge is 2.13. The Kier molecular flexibility index (Phi) is 8.86. The van der Waals surface area contributed by atoms with E-state index in [0.717, 1.165) is 0 Å². The Hall–Kier alpha value is -3.59. The molecule has 3 aromatic rings. The molecule has 0 aromatic heterocycles. The zero-order valence-corrected chi connectivity index (χ0v) is 19.6. The Morgan fingerprint density at radius 1 is 0.794 bits per heavy atom. The summed E-state index contributed by atoms with van der Waals surface area (Å²) in [4.78, 5) is 35.9. The Morgan fingerprint density at radius 2 is 1.50 bits per heavy atom. The summed E-state index contributed by atoms with van der Waals surface area (Å²) in [6.07, 6.45) is 1.32.